The Morgan fingerprint density at radius 2 is 2.10 bits per heavy atom. The smallest absolute Gasteiger partial charge is 0.387 e. The molecule has 6 heteroatoms. The van der Waals surface area contributed by atoms with Crippen LogP contribution >= 0.6 is 15.9 Å². The number of benzene rings is 1. The Hall–Kier alpha value is -0.720. The van der Waals surface area contributed by atoms with Crippen LogP contribution in [0.2, 0.25) is 0 Å². The van der Waals surface area contributed by atoms with E-state index in [1.165, 1.54) is 0 Å². The molecule has 0 saturated carbocycles. The summed E-state index contributed by atoms with van der Waals surface area (Å²) in [5.74, 6) is 0.783. The average Bonchev–Trinajstić information content (AvgIpc) is 2.47. The maximum absolute atomic E-state index is 12.4. The molecule has 1 aliphatic rings. The molecule has 0 aliphatic carbocycles. The Balaban J connectivity index is 1.96. The van der Waals surface area contributed by atoms with Gasteiger partial charge in [0.15, 0.2) is 0 Å². The normalized spacial score (nSPS) is 18.0. The van der Waals surface area contributed by atoms with Crippen molar-refractivity contribution in [2.45, 2.75) is 39.0 Å². The van der Waals surface area contributed by atoms with Gasteiger partial charge in [-0.2, -0.15) is 8.78 Å². The van der Waals surface area contributed by atoms with Crippen LogP contribution in [0.5, 0.6) is 5.75 Å². The van der Waals surface area contributed by atoms with Crippen molar-refractivity contribution in [2.75, 3.05) is 13.2 Å². The Labute approximate surface area is 132 Å². The third-order valence-electron chi connectivity index (χ3n) is 3.83. The predicted molar refractivity (Wildman–Crippen MR) is 80.6 cm³/mol. The predicted octanol–water partition coefficient (Wildman–Crippen LogP) is 3.96. The summed E-state index contributed by atoms with van der Waals surface area (Å²) in [5, 5.41) is 3.41. The van der Waals surface area contributed by atoms with Gasteiger partial charge in [-0.1, -0.05) is 15.9 Å². The van der Waals surface area contributed by atoms with Gasteiger partial charge < -0.3 is 14.8 Å². The van der Waals surface area contributed by atoms with Crippen molar-refractivity contribution in [1.29, 1.82) is 0 Å². The molecule has 0 amide bonds. The van der Waals surface area contributed by atoms with Gasteiger partial charge in [0.2, 0.25) is 0 Å². The zero-order valence-electron chi connectivity index (χ0n) is 12.0. The lowest BCUT2D eigenvalue weighted by Gasteiger charge is -2.28. The largest absolute Gasteiger partial charge is 0.434 e. The van der Waals surface area contributed by atoms with E-state index in [1.807, 2.05) is 0 Å². The molecule has 3 nitrogen and oxygen atoms in total. The molecule has 118 valence electrons. The molecule has 1 N–H and O–H groups in total. The minimum atomic E-state index is -2.81. The summed E-state index contributed by atoms with van der Waals surface area (Å²) < 4.78 is 35.6. The van der Waals surface area contributed by atoms with Gasteiger partial charge in [-0.25, -0.2) is 0 Å². The molecule has 0 aromatic heterocycles. The van der Waals surface area contributed by atoms with Gasteiger partial charge in [0, 0.05) is 35.8 Å². The fourth-order valence-corrected chi connectivity index (χ4v) is 2.96. The van der Waals surface area contributed by atoms with Crippen molar-refractivity contribution in [3.63, 3.8) is 0 Å². The van der Waals surface area contributed by atoms with Gasteiger partial charge >= 0.3 is 6.61 Å². The van der Waals surface area contributed by atoms with Gasteiger partial charge in [0.05, 0.1) is 0 Å². The minimum Gasteiger partial charge on any atom is -0.434 e. The van der Waals surface area contributed by atoms with E-state index in [1.54, 1.807) is 18.2 Å². The van der Waals surface area contributed by atoms with Crippen molar-refractivity contribution in [1.82, 2.24) is 5.32 Å². The zero-order chi connectivity index (χ0) is 15.2. The Morgan fingerprint density at radius 3 is 2.76 bits per heavy atom. The number of rotatable bonds is 6. The van der Waals surface area contributed by atoms with E-state index in [0.29, 0.717) is 18.5 Å². The van der Waals surface area contributed by atoms with Crippen molar-refractivity contribution in [2.24, 2.45) is 5.92 Å². The Bertz CT molecular complexity index is 453. The Morgan fingerprint density at radius 1 is 1.38 bits per heavy atom. The van der Waals surface area contributed by atoms with Crippen LogP contribution in [0.3, 0.4) is 0 Å². The molecule has 0 radical (unpaired) electrons. The van der Waals surface area contributed by atoms with Gasteiger partial charge in [-0.15, -0.1) is 0 Å². The van der Waals surface area contributed by atoms with E-state index in [9.17, 15) is 8.78 Å². The maximum Gasteiger partial charge on any atom is 0.387 e. The second-order valence-electron chi connectivity index (χ2n) is 5.25. The van der Waals surface area contributed by atoms with Gasteiger partial charge in [0.25, 0.3) is 0 Å². The molecule has 1 aromatic rings. The summed E-state index contributed by atoms with van der Waals surface area (Å²) in [4.78, 5) is 0. The van der Waals surface area contributed by atoms with Crippen molar-refractivity contribution in [3.8, 4) is 5.75 Å². The van der Waals surface area contributed by atoms with E-state index in [0.717, 1.165) is 36.1 Å². The molecule has 1 fully saturated rings. The second-order valence-corrected chi connectivity index (χ2v) is 6.17. The molecule has 0 spiro atoms. The van der Waals surface area contributed by atoms with Crippen LogP contribution in [0.4, 0.5) is 8.78 Å². The quantitative estimate of drug-likeness (QED) is 0.829. The third-order valence-corrected chi connectivity index (χ3v) is 4.32. The van der Waals surface area contributed by atoms with E-state index < -0.39 is 6.61 Å². The van der Waals surface area contributed by atoms with Crippen LogP contribution in [0.15, 0.2) is 22.7 Å². The highest BCUT2D eigenvalue weighted by Gasteiger charge is 2.20. The summed E-state index contributed by atoms with van der Waals surface area (Å²) in [6.07, 6.45) is 2.07. The number of nitrogens with one attached hydrogen (secondary N) is 1. The highest BCUT2D eigenvalue weighted by atomic mass is 79.9. The monoisotopic (exact) mass is 363 g/mol. The van der Waals surface area contributed by atoms with Crippen molar-refractivity contribution in [3.05, 3.63) is 28.2 Å². The van der Waals surface area contributed by atoms with Gasteiger partial charge in [-0.05, 0) is 43.9 Å². The summed E-state index contributed by atoms with van der Waals surface area (Å²) >= 11 is 3.36. The lowest BCUT2D eigenvalue weighted by atomic mass is 9.93. The van der Waals surface area contributed by atoms with Crippen LogP contribution < -0.4 is 10.1 Å². The molecular weight excluding hydrogens is 344 g/mol. The van der Waals surface area contributed by atoms with Gasteiger partial charge in [-0.3, -0.25) is 0 Å². The lowest BCUT2D eigenvalue weighted by molar-refractivity contribution is -0.0505. The summed E-state index contributed by atoms with van der Waals surface area (Å²) in [7, 11) is 0. The molecule has 1 aliphatic heterocycles. The molecule has 1 saturated heterocycles. The SMILES string of the molecule is CC(NCc1cc(Br)ccc1OC(F)F)C1CCOCC1. The summed E-state index contributed by atoms with van der Waals surface area (Å²) in [5.41, 5.74) is 0.726. The maximum atomic E-state index is 12.4. The van der Waals surface area contributed by atoms with Crippen LogP contribution in [-0.2, 0) is 11.3 Å². The Kier molecular flexibility index (Phi) is 6.39. The minimum absolute atomic E-state index is 0.222. The fourth-order valence-electron chi connectivity index (χ4n) is 2.55. The van der Waals surface area contributed by atoms with E-state index in [-0.39, 0.29) is 5.75 Å². The van der Waals surface area contributed by atoms with E-state index in [4.69, 9.17) is 4.74 Å². The van der Waals surface area contributed by atoms with Crippen LogP contribution in [0.25, 0.3) is 0 Å². The highest BCUT2D eigenvalue weighted by molar-refractivity contribution is 9.10. The summed E-state index contributed by atoms with van der Waals surface area (Å²) in [6, 6.07) is 5.38. The number of halogens is 3. The molecular formula is C15H20BrF2NO2. The van der Waals surface area contributed by atoms with Crippen LogP contribution in [-0.4, -0.2) is 25.9 Å². The fraction of sp³-hybridized carbons (Fsp3) is 0.600. The van der Waals surface area contributed by atoms with Gasteiger partial charge in [0.1, 0.15) is 5.75 Å². The van der Waals surface area contributed by atoms with E-state index >= 15 is 0 Å². The topological polar surface area (TPSA) is 30.5 Å². The van der Waals surface area contributed by atoms with Crippen molar-refractivity contribution >= 4 is 15.9 Å². The molecule has 1 heterocycles. The second kappa shape index (κ2) is 8.06. The first-order valence-electron chi connectivity index (χ1n) is 7.10. The summed E-state index contributed by atoms with van der Waals surface area (Å²) in [6.45, 7) is 1.42. The number of alkyl halides is 2. The lowest BCUT2D eigenvalue weighted by Crippen LogP contribution is -2.36. The van der Waals surface area contributed by atoms with E-state index in [2.05, 4.69) is 32.9 Å². The third kappa shape index (κ3) is 5.20. The molecule has 1 unspecified atom stereocenters. The molecule has 1 atom stereocenters. The first-order chi connectivity index (χ1) is 10.1. The zero-order valence-corrected chi connectivity index (χ0v) is 13.5. The average molecular weight is 364 g/mol. The number of ether oxygens (including phenoxy) is 2. The standard InChI is InChI=1S/C15H20BrF2NO2/c1-10(11-4-6-20-7-5-11)19-9-12-8-13(16)2-3-14(12)21-15(17)18/h2-3,8,10-11,15,19H,4-7,9H2,1H3. The molecule has 0 bridgehead atoms. The highest BCUT2D eigenvalue weighted by Crippen LogP contribution is 2.25. The van der Waals surface area contributed by atoms with Crippen molar-refractivity contribution < 1.29 is 18.3 Å². The molecule has 2 rings (SSSR count). The number of hydrogen-bond acceptors (Lipinski definition) is 3. The molecule has 21 heavy (non-hydrogen) atoms. The first kappa shape index (κ1) is 16.6. The van der Waals surface area contributed by atoms with Crippen LogP contribution in [0, 0.1) is 5.92 Å². The number of hydrogen-bond donors (Lipinski definition) is 1. The first-order valence-corrected chi connectivity index (χ1v) is 7.90. The molecule has 1 aromatic carbocycles. The van der Waals surface area contributed by atoms with Crippen LogP contribution in [0.1, 0.15) is 25.3 Å².